The van der Waals surface area contributed by atoms with Crippen molar-refractivity contribution < 1.29 is 19.0 Å². The second-order valence-corrected chi connectivity index (χ2v) is 6.24. The maximum Gasteiger partial charge on any atom is 0.277 e. The number of para-hydroxylation sites is 1. The summed E-state index contributed by atoms with van der Waals surface area (Å²) >= 11 is 6.16. The highest BCUT2D eigenvalue weighted by atomic mass is 35.5. The first kappa shape index (κ1) is 18.1. The van der Waals surface area contributed by atoms with Gasteiger partial charge in [-0.2, -0.15) is 5.10 Å². The third kappa shape index (κ3) is 4.26. The number of fused-ring (bicyclic) bond motifs is 1. The van der Waals surface area contributed by atoms with Gasteiger partial charge in [-0.05, 0) is 42.7 Å². The van der Waals surface area contributed by atoms with Crippen LogP contribution in [-0.2, 0) is 4.79 Å². The molecule has 1 heterocycles. The van der Waals surface area contributed by atoms with Crippen LogP contribution in [0.2, 0.25) is 5.02 Å². The van der Waals surface area contributed by atoms with Crippen LogP contribution < -0.4 is 19.6 Å². The normalized spacial score (nSPS) is 12.9. The summed E-state index contributed by atoms with van der Waals surface area (Å²) in [7, 11) is 0. The third-order valence-corrected chi connectivity index (χ3v) is 4.06. The summed E-state index contributed by atoms with van der Waals surface area (Å²) < 4.78 is 16.5. The molecular formula is C19H19ClN2O4. The van der Waals surface area contributed by atoms with Crippen molar-refractivity contribution in [2.45, 2.75) is 13.8 Å². The lowest BCUT2D eigenvalue weighted by Gasteiger charge is -2.19. The molecule has 2 aromatic rings. The number of rotatable bonds is 5. The summed E-state index contributed by atoms with van der Waals surface area (Å²) in [6, 6.07) is 9.26. The average Bonchev–Trinajstić information content (AvgIpc) is 2.61. The molecule has 1 aliphatic heterocycles. The minimum absolute atomic E-state index is 0.120. The fourth-order valence-electron chi connectivity index (χ4n) is 2.58. The number of halogens is 1. The predicted molar refractivity (Wildman–Crippen MR) is 99.6 cm³/mol. The Balaban J connectivity index is 1.57. The lowest BCUT2D eigenvalue weighted by atomic mass is 10.1. The quantitative estimate of drug-likeness (QED) is 0.644. The molecule has 0 aliphatic carbocycles. The number of ether oxygens (including phenoxy) is 3. The molecule has 2 aromatic carbocycles. The van der Waals surface area contributed by atoms with Gasteiger partial charge in [0.1, 0.15) is 19.0 Å². The monoisotopic (exact) mass is 374 g/mol. The summed E-state index contributed by atoms with van der Waals surface area (Å²) in [5.41, 5.74) is 5.08. The van der Waals surface area contributed by atoms with Crippen molar-refractivity contribution in [2.24, 2.45) is 5.10 Å². The predicted octanol–water partition coefficient (Wildman–Crippen LogP) is 3.26. The van der Waals surface area contributed by atoms with Crippen LogP contribution in [0.5, 0.6) is 17.2 Å². The van der Waals surface area contributed by atoms with E-state index in [1.54, 1.807) is 12.1 Å². The highest BCUT2D eigenvalue weighted by molar-refractivity contribution is 6.32. The standard InChI is InChI=1S/C19H19ClN2O4/c1-12-4-3-5-13(2)18(12)26-11-17(23)22-21-10-14-8-15(20)19-16(9-14)24-6-7-25-19/h3-5,8-10H,6-7,11H2,1-2H3,(H,22,23)/b21-10-. The third-order valence-electron chi connectivity index (χ3n) is 3.78. The van der Waals surface area contributed by atoms with Crippen LogP contribution in [0, 0.1) is 13.8 Å². The van der Waals surface area contributed by atoms with E-state index >= 15 is 0 Å². The minimum atomic E-state index is -0.354. The number of hydrogen-bond acceptors (Lipinski definition) is 5. The molecule has 1 amide bonds. The van der Waals surface area contributed by atoms with Crippen molar-refractivity contribution in [2.75, 3.05) is 19.8 Å². The fraction of sp³-hybridized carbons (Fsp3) is 0.263. The van der Waals surface area contributed by atoms with Crippen molar-refractivity contribution in [3.8, 4) is 17.2 Å². The number of carbonyl (C=O) groups excluding carboxylic acids is 1. The van der Waals surface area contributed by atoms with Crippen molar-refractivity contribution in [1.29, 1.82) is 0 Å². The topological polar surface area (TPSA) is 69.2 Å². The molecule has 6 nitrogen and oxygen atoms in total. The summed E-state index contributed by atoms with van der Waals surface area (Å²) in [5, 5.41) is 4.37. The molecule has 26 heavy (non-hydrogen) atoms. The first-order chi connectivity index (χ1) is 12.5. The van der Waals surface area contributed by atoms with Crippen LogP contribution in [0.3, 0.4) is 0 Å². The van der Waals surface area contributed by atoms with Gasteiger partial charge in [0, 0.05) is 0 Å². The van der Waals surface area contributed by atoms with Crippen molar-refractivity contribution in [3.05, 3.63) is 52.0 Å². The number of amides is 1. The van der Waals surface area contributed by atoms with Gasteiger partial charge in [-0.15, -0.1) is 0 Å². The van der Waals surface area contributed by atoms with Gasteiger partial charge in [-0.3, -0.25) is 4.79 Å². The van der Waals surface area contributed by atoms with Gasteiger partial charge in [0.05, 0.1) is 11.2 Å². The van der Waals surface area contributed by atoms with E-state index in [1.807, 2.05) is 32.0 Å². The van der Waals surface area contributed by atoms with Gasteiger partial charge >= 0.3 is 0 Å². The Hall–Kier alpha value is -2.73. The minimum Gasteiger partial charge on any atom is -0.486 e. The Morgan fingerprint density at radius 1 is 1.27 bits per heavy atom. The van der Waals surface area contributed by atoms with E-state index in [0.29, 0.717) is 41.0 Å². The number of aryl methyl sites for hydroxylation is 2. The summed E-state index contributed by atoms with van der Waals surface area (Å²) in [6.07, 6.45) is 1.49. The zero-order chi connectivity index (χ0) is 18.5. The van der Waals surface area contributed by atoms with E-state index in [4.69, 9.17) is 25.8 Å². The Morgan fingerprint density at radius 3 is 2.77 bits per heavy atom. The highest BCUT2D eigenvalue weighted by Gasteiger charge is 2.16. The van der Waals surface area contributed by atoms with Crippen LogP contribution in [0.1, 0.15) is 16.7 Å². The molecule has 0 unspecified atom stereocenters. The molecule has 0 saturated carbocycles. The van der Waals surface area contributed by atoms with Crippen molar-refractivity contribution in [1.82, 2.24) is 5.43 Å². The zero-order valence-corrected chi connectivity index (χ0v) is 15.3. The van der Waals surface area contributed by atoms with Gasteiger partial charge < -0.3 is 14.2 Å². The zero-order valence-electron chi connectivity index (χ0n) is 14.5. The van der Waals surface area contributed by atoms with Crippen molar-refractivity contribution in [3.63, 3.8) is 0 Å². The van der Waals surface area contributed by atoms with E-state index in [9.17, 15) is 4.79 Å². The molecule has 0 spiro atoms. The summed E-state index contributed by atoms with van der Waals surface area (Å²) in [4.78, 5) is 11.9. The Morgan fingerprint density at radius 2 is 2.00 bits per heavy atom. The molecule has 3 rings (SSSR count). The number of hydrazone groups is 1. The molecule has 0 fully saturated rings. The number of hydrogen-bond donors (Lipinski definition) is 1. The second-order valence-electron chi connectivity index (χ2n) is 5.83. The molecule has 0 radical (unpaired) electrons. The smallest absolute Gasteiger partial charge is 0.277 e. The van der Waals surface area contributed by atoms with Crippen molar-refractivity contribution >= 4 is 23.7 Å². The molecule has 0 atom stereocenters. The van der Waals surface area contributed by atoms with E-state index in [-0.39, 0.29) is 12.5 Å². The lowest BCUT2D eigenvalue weighted by Crippen LogP contribution is -2.25. The molecule has 7 heteroatoms. The maximum atomic E-state index is 11.9. The Bertz CT molecular complexity index is 831. The van der Waals surface area contributed by atoms with Crippen LogP contribution in [-0.4, -0.2) is 31.9 Å². The lowest BCUT2D eigenvalue weighted by molar-refractivity contribution is -0.123. The van der Waals surface area contributed by atoms with Gasteiger partial charge in [0.2, 0.25) is 0 Å². The molecule has 0 bridgehead atoms. The molecule has 0 aromatic heterocycles. The Labute approximate surface area is 156 Å². The first-order valence-corrected chi connectivity index (χ1v) is 8.52. The van der Waals surface area contributed by atoms with Gasteiger partial charge in [-0.1, -0.05) is 29.8 Å². The number of nitrogens with zero attached hydrogens (tertiary/aromatic N) is 1. The van der Waals surface area contributed by atoms with Gasteiger partial charge in [-0.25, -0.2) is 5.43 Å². The van der Waals surface area contributed by atoms with E-state index < -0.39 is 0 Å². The van der Waals surface area contributed by atoms with E-state index in [0.717, 1.165) is 11.1 Å². The van der Waals surface area contributed by atoms with E-state index in [2.05, 4.69) is 10.5 Å². The molecule has 136 valence electrons. The second kappa shape index (κ2) is 8.10. The average molecular weight is 375 g/mol. The molecular weight excluding hydrogens is 356 g/mol. The Kier molecular flexibility index (Phi) is 5.63. The van der Waals surface area contributed by atoms with E-state index in [1.165, 1.54) is 6.21 Å². The molecule has 1 aliphatic rings. The maximum absolute atomic E-state index is 11.9. The van der Waals surface area contributed by atoms with Crippen LogP contribution in [0.15, 0.2) is 35.4 Å². The highest BCUT2D eigenvalue weighted by Crippen LogP contribution is 2.37. The molecule has 0 saturated heterocycles. The first-order valence-electron chi connectivity index (χ1n) is 8.14. The van der Waals surface area contributed by atoms with Crippen LogP contribution >= 0.6 is 11.6 Å². The van der Waals surface area contributed by atoms with Crippen LogP contribution in [0.25, 0.3) is 0 Å². The largest absolute Gasteiger partial charge is 0.486 e. The van der Waals surface area contributed by atoms with Gasteiger partial charge in [0.15, 0.2) is 18.1 Å². The summed E-state index contributed by atoms with van der Waals surface area (Å²) in [6.45, 7) is 4.69. The summed E-state index contributed by atoms with van der Waals surface area (Å²) in [5.74, 6) is 1.45. The fourth-order valence-corrected chi connectivity index (χ4v) is 2.85. The SMILES string of the molecule is Cc1cccc(C)c1OCC(=O)N/N=C\c1cc(Cl)c2c(c1)OCCO2. The van der Waals surface area contributed by atoms with Gasteiger partial charge in [0.25, 0.3) is 5.91 Å². The number of nitrogens with one attached hydrogen (secondary N) is 1. The number of benzene rings is 2. The molecule has 1 N–H and O–H groups in total. The van der Waals surface area contributed by atoms with Crippen LogP contribution in [0.4, 0.5) is 0 Å². The number of carbonyl (C=O) groups is 1.